The summed E-state index contributed by atoms with van der Waals surface area (Å²) >= 11 is 3.08. The van der Waals surface area contributed by atoms with E-state index in [0.29, 0.717) is 12.5 Å². The fourth-order valence-electron chi connectivity index (χ4n) is 2.63. The van der Waals surface area contributed by atoms with Crippen LogP contribution in [0.25, 0.3) is 0 Å². The Bertz CT molecular complexity index is 695. The van der Waals surface area contributed by atoms with E-state index in [4.69, 9.17) is 10.7 Å². The lowest BCUT2D eigenvalue weighted by molar-refractivity contribution is 0.0738. The smallest absolute Gasteiger partial charge is 0.264 e. The molecular formula is C13H14BrClFNO3S. The third-order valence-electron chi connectivity index (χ3n) is 3.54. The molecule has 0 bridgehead atoms. The molecule has 1 amide bonds. The van der Waals surface area contributed by atoms with Gasteiger partial charge in [-0.3, -0.25) is 4.79 Å². The summed E-state index contributed by atoms with van der Waals surface area (Å²) < 4.78 is 37.4. The summed E-state index contributed by atoms with van der Waals surface area (Å²) in [6.07, 6.45) is 0.835. The summed E-state index contributed by atoms with van der Waals surface area (Å²) in [5.41, 5.74) is -0.287. The van der Waals surface area contributed by atoms with Crippen LogP contribution in [-0.4, -0.2) is 31.8 Å². The molecule has 1 heterocycles. The van der Waals surface area contributed by atoms with Crippen molar-refractivity contribution in [1.82, 2.24) is 4.90 Å². The molecule has 0 N–H and O–H groups in total. The minimum atomic E-state index is -4.26. The van der Waals surface area contributed by atoms with Crippen molar-refractivity contribution in [2.24, 2.45) is 5.92 Å². The van der Waals surface area contributed by atoms with Crippen molar-refractivity contribution in [3.63, 3.8) is 0 Å². The zero-order chi connectivity index (χ0) is 15.9. The van der Waals surface area contributed by atoms with Gasteiger partial charge in [0.15, 0.2) is 5.82 Å². The van der Waals surface area contributed by atoms with Crippen LogP contribution >= 0.6 is 26.6 Å². The highest BCUT2D eigenvalue weighted by Gasteiger charge is 2.33. The number of rotatable bonds is 2. The van der Waals surface area contributed by atoms with Crippen LogP contribution in [0.5, 0.6) is 0 Å². The Hall–Kier alpha value is -0.660. The van der Waals surface area contributed by atoms with Gasteiger partial charge in [-0.2, -0.15) is 0 Å². The molecule has 1 aliphatic rings. The van der Waals surface area contributed by atoms with Crippen molar-refractivity contribution in [3.8, 4) is 0 Å². The van der Waals surface area contributed by atoms with Gasteiger partial charge in [0.05, 0.1) is 5.56 Å². The van der Waals surface area contributed by atoms with Gasteiger partial charge in [0.1, 0.15) is 4.90 Å². The van der Waals surface area contributed by atoms with E-state index in [1.54, 1.807) is 4.90 Å². The SMILES string of the molecule is CC1CC(C)N(C(=O)c2cc(Br)cc(S(=O)(=O)Cl)c2F)C1. The quantitative estimate of drug-likeness (QED) is 0.718. The van der Waals surface area contributed by atoms with Gasteiger partial charge < -0.3 is 4.90 Å². The van der Waals surface area contributed by atoms with Crippen molar-refractivity contribution >= 4 is 41.6 Å². The van der Waals surface area contributed by atoms with Crippen LogP contribution < -0.4 is 0 Å². The van der Waals surface area contributed by atoms with Crippen LogP contribution in [-0.2, 0) is 9.05 Å². The largest absolute Gasteiger partial charge is 0.336 e. The van der Waals surface area contributed by atoms with Crippen molar-refractivity contribution in [3.05, 3.63) is 28.0 Å². The maximum Gasteiger partial charge on any atom is 0.264 e. The molecule has 21 heavy (non-hydrogen) atoms. The van der Waals surface area contributed by atoms with Gasteiger partial charge in [-0.15, -0.1) is 0 Å². The molecule has 0 radical (unpaired) electrons. The molecule has 0 saturated carbocycles. The van der Waals surface area contributed by atoms with Gasteiger partial charge in [0, 0.05) is 27.7 Å². The van der Waals surface area contributed by atoms with E-state index in [0.717, 1.165) is 12.5 Å². The summed E-state index contributed by atoms with van der Waals surface area (Å²) in [6, 6.07) is 2.31. The van der Waals surface area contributed by atoms with E-state index in [2.05, 4.69) is 15.9 Å². The molecular weight excluding hydrogens is 385 g/mol. The lowest BCUT2D eigenvalue weighted by atomic mass is 10.1. The molecule has 0 aliphatic carbocycles. The molecule has 1 aromatic rings. The van der Waals surface area contributed by atoms with Crippen molar-refractivity contribution < 1.29 is 17.6 Å². The number of likely N-dealkylation sites (tertiary alicyclic amines) is 1. The fraction of sp³-hybridized carbons (Fsp3) is 0.462. The summed E-state index contributed by atoms with van der Waals surface area (Å²) in [5, 5.41) is 0. The molecule has 1 aromatic carbocycles. The van der Waals surface area contributed by atoms with Gasteiger partial charge in [0.2, 0.25) is 0 Å². The lowest BCUT2D eigenvalue weighted by Crippen LogP contribution is -2.34. The topological polar surface area (TPSA) is 54.5 Å². The molecule has 1 fully saturated rings. The highest BCUT2D eigenvalue weighted by Crippen LogP contribution is 2.30. The van der Waals surface area contributed by atoms with Gasteiger partial charge in [-0.05, 0) is 31.4 Å². The van der Waals surface area contributed by atoms with E-state index in [9.17, 15) is 17.6 Å². The zero-order valence-corrected chi connectivity index (χ0v) is 14.6. The third kappa shape index (κ3) is 3.40. The third-order valence-corrected chi connectivity index (χ3v) is 5.32. The van der Waals surface area contributed by atoms with Gasteiger partial charge in [0.25, 0.3) is 15.0 Å². The Kier molecular flexibility index (Phi) is 4.66. The molecule has 1 aliphatic heterocycles. The number of hydrogen-bond acceptors (Lipinski definition) is 3. The second-order valence-corrected chi connectivity index (χ2v) is 8.80. The number of halogens is 3. The second-order valence-electron chi connectivity index (χ2n) is 5.35. The molecule has 116 valence electrons. The van der Waals surface area contributed by atoms with E-state index in [-0.39, 0.29) is 16.1 Å². The summed E-state index contributed by atoms with van der Waals surface area (Å²) in [4.78, 5) is 13.3. The molecule has 2 unspecified atom stereocenters. The number of hydrogen-bond donors (Lipinski definition) is 0. The van der Waals surface area contributed by atoms with Gasteiger partial charge in [-0.25, -0.2) is 12.8 Å². The molecule has 0 aromatic heterocycles. The predicted octanol–water partition coefficient (Wildman–Crippen LogP) is 3.39. The number of amides is 1. The minimum absolute atomic E-state index is 0.0121. The van der Waals surface area contributed by atoms with Gasteiger partial charge >= 0.3 is 0 Å². The Morgan fingerprint density at radius 1 is 1.43 bits per heavy atom. The van der Waals surface area contributed by atoms with E-state index >= 15 is 0 Å². The van der Waals surface area contributed by atoms with Crippen molar-refractivity contribution in [2.75, 3.05) is 6.54 Å². The number of nitrogens with zero attached hydrogens (tertiary/aromatic N) is 1. The van der Waals surface area contributed by atoms with E-state index in [1.807, 2.05) is 13.8 Å². The maximum atomic E-state index is 14.3. The lowest BCUT2D eigenvalue weighted by Gasteiger charge is -2.22. The van der Waals surface area contributed by atoms with Crippen LogP contribution in [0.15, 0.2) is 21.5 Å². The van der Waals surface area contributed by atoms with Crippen molar-refractivity contribution in [1.29, 1.82) is 0 Å². The number of carbonyl (C=O) groups is 1. The minimum Gasteiger partial charge on any atom is -0.336 e. The Labute approximate surface area is 135 Å². The first kappa shape index (κ1) is 16.7. The average molecular weight is 399 g/mol. The highest BCUT2D eigenvalue weighted by atomic mass is 79.9. The molecule has 8 heteroatoms. The van der Waals surface area contributed by atoms with Crippen LogP contribution in [0.4, 0.5) is 4.39 Å². The van der Waals surface area contributed by atoms with Crippen molar-refractivity contribution in [2.45, 2.75) is 31.2 Å². The zero-order valence-electron chi connectivity index (χ0n) is 11.4. The van der Waals surface area contributed by atoms with E-state index < -0.39 is 25.7 Å². The van der Waals surface area contributed by atoms with Crippen LogP contribution in [0.1, 0.15) is 30.6 Å². The Balaban J connectivity index is 2.50. The first-order valence-corrected chi connectivity index (χ1v) is 9.46. The predicted molar refractivity (Wildman–Crippen MR) is 81.4 cm³/mol. The Morgan fingerprint density at radius 2 is 2.05 bits per heavy atom. The first-order chi connectivity index (χ1) is 9.61. The monoisotopic (exact) mass is 397 g/mol. The highest BCUT2D eigenvalue weighted by molar-refractivity contribution is 9.10. The first-order valence-electron chi connectivity index (χ1n) is 6.36. The van der Waals surface area contributed by atoms with E-state index in [1.165, 1.54) is 6.07 Å². The van der Waals surface area contributed by atoms with Crippen LogP contribution in [0.2, 0.25) is 0 Å². The Morgan fingerprint density at radius 3 is 2.52 bits per heavy atom. The normalized spacial score (nSPS) is 22.6. The molecule has 1 saturated heterocycles. The second kappa shape index (κ2) is 5.85. The maximum absolute atomic E-state index is 14.3. The van der Waals surface area contributed by atoms with Crippen LogP contribution in [0.3, 0.4) is 0 Å². The summed E-state index contributed by atoms with van der Waals surface area (Å²) in [6.45, 7) is 4.42. The average Bonchev–Trinajstić information content (AvgIpc) is 2.68. The fourth-order valence-corrected chi connectivity index (χ4v) is 4.17. The summed E-state index contributed by atoms with van der Waals surface area (Å²) in [5.74, 6) is -1.30. The number of benzene rings is 1. The number of carbonyl (C=O) groups excluding carboxylic acids is 1. The molecule has 4 nitrogen and oxygen atoms in total. The molecule has 2 rings (SSSR count). The van der Waals surface area contributed by atoms with Crippen LogP contribution in [0, 0.1) is 11.7 Å². The summed E-state index contributed by atoms with van der Waals surface area (Å²) in [7, 11) is 0.947. The standard InChI is InChI=1S/C13H14BrClFNO3S/c1-7-3-8(2)17(6-7)13(18)10-4-9(14)5-11(12(10)16)21(15,19)20/h4-5,7-8H,3,6H2,1-2H3. The van der Waals surface area contributed by atoms with Gasteiger partial charge in [-0.1, -0.05) is 22.9 Å². The molecule has 2 atom stereocenters. The molecule has 0 spiro atoms.